The summed E-state index contributed by atoms with van der Waals surface area (Å²) in [6.07, 6.45) is 7.94. The van der Waals surface area contributed by atoms with Crippen LogP contribution in [-0.4, -0.2) is 50.8 Å². The van der Waals surface area contributed by atoms with E-state index in [0.29, 0.717) is 25.1 Å². The van der Waals surface area contributed by atoms with Gasteiger partial charge in [-0.3, -0.25) is 9.59 Å². The highest BCUT2D eigenvalue weighted by atomic mass is 16.7. The number of nitrogens with zero attached hydrogens (tertiary/aromatic N) is 1. The van der Waals surface area contributed by atoms with Crippen LogP contribution in [0.25, 0.3) is 0 Å². The number of Topliss-reactive ketones (excluding diaryl/α,β-unsaturated/α-hetero) is 1. The molecule has 0 radical (unpaired) electrons. The third-order valence-electron chi connectivity index (χ3n) is 11.6. The van der Waals surface area contributed by atoms with Gasteiger partial charge in [0.05, 0.1) is 12.2 Å². The number of carbonyl (C=O) groups excluding carboxylic acids is 2. The van der Waals surface area contributed by atoms with E-state index < -0.39 is 41.5 Å². The Morgan fingerprint density at radius 2 is 2.05 bits per heavy atom. The molecule has 0 amide bonds. The molecule has 0 bridgehead atoms. The summed E-state index contributed by atoms with van der Waals surface area (Å²) < 4.78 is 15.5. The van der Waals surface area contributed by atoms with Crippen LogP contribution in [0.4, 0.5) is 5.69 Å². The van der Waals surface area contributed by atoms with E-state index in [0.717, 1.165) is 35.2 Å². The van der Waals surface area contributed by atoms with Gasteiger partial charge in [-0.2, -0.15) is 0 Å². The summed E-state index contributed by atoms with van der Waals surface area (Å²) in [5.41, 5.74) is 8.19. The first kappa shape index (κ1) is 27.8. The minimum Gasteiger partial charge on any atom is -0.399 e. The molecule has 3 saturated carbocycles. The van der Waals surface area contributed by atoms with Crippen molar-refractivity contribution in [2.75, 3.05) is 12.3 Å². The van der Waals surface area contributed by atoms with Crippen molar-refractivity contribution < 1.29 is 29.3 Å². The molecule has 2 heterocycles. The quantitative estimate of drug-likeness (QED) is 0.462. The summed E-state index contributed by atoms with van der Waals surface area (Å²) in [7, 11) is 0. The number of ketones is 2. The molecule has 7 rings (SSSR count). The van der Waals surface area contributed by atoms with Gasteiger partial charge >= 0.3 is 0 Å². The minimum absolute atomic E-state index is 0.00354. The highest BCUT2D eigenvalue weighted by Crippen LogP contribution is 2.70. The fourth-order valence-corrected chi connectivity index (χ4v) is 9.70. The van der Waals surface area contributed by atoms with Crippen molar-refractivity contribution in [3.8, 4) is 0 Å². The molecule has 4 aliphatic carbocycles. The number of benzene rings is 1. The van der Waals surface area contributed by atoms with Crippen LogP contribution in [0.15, 0.2) is 60.3 Å². The smallest absolute Gasteiger partial charge is 0.193 e. The zero-order chi connectivity index (χ0) is 29.6. The van der Waals surface area contributed by atoms with Gasteiger partial charge in [-0.15, -0.1) is 0 Å². The number of hydrogen-bond acceptors (Lipinski definition) is 7. The summed E-state index contributed by atoms with van der Waals surface area (Å²) in [4.78, 5) is 26.0. The number of aromatic nitrogens is 1. The van der Waals surface area contributed by atoms with E-state index in [4.69, 9.17) is 15.2 Å². The maximum atomic E-state index is 13.8. The van der Waals surface area contributed by atoms with E-state index in [1.807, 2.05) is 49.5 Å². The third-order valence-corrected chi connectivity index (χ3v) is 11.6. The van der Waals surface area contributed by atoms with Gasteiger partial charge < -0.3 is 30.0 Å². The Kier molecular flexibility index (Phi) is 6.27. The molecule has 5 aliphatic rings. The number of nitrogens with two attached hydrogens (primary N) is 1. The van der Waals surface area contributed by atoms with Gasteiger partial charge in [0.2, 0.25) is 0 Å². The number of anilines is 1. The molecule has 1 aliphatic heterocycles. The molecular weight excluding hydrogens is 532 g/mol. The molecule has 2 aromatic rings. The lowest BCUT2D eigenvalue weighted by Gasteiger charge is -2.59. The van der Waals surface area contributed by atoms with Gasteiger partial charge in [-0.25, -0.2) is 0 Å². The molecule has 9 atom stereocenters. The minimum atomic E-state index is -1.36. The Morgan fingerprint density at radius 3 is 2.81 bits per heavy atom. The fraction of sp³-hybridized carbons (Fsp3) is 0.529. The van der Waals surface area contributed by atoms with Gasteiger partial charge in [-0.1, -0.05) is 37.6 Å². The molecule has 1 aromatic carbocycles. The first-order chi connectivity index (χ1) is 20.0. The van der Waals surface area contributed by atoms with E-state index in [9.17, 15) is 19.8 Å². The molecular formula is C34H40N2O6. The Balaban J connectivity index is 1.21. The number of nitrogen functional groups attached to an aromatic ring is 1. The first-order valence-corrected chi connectivity index (χ1v) is 15.1. The highest BCUT2D eigenvalue weighted by molar-refractivity contribution is 6.01. The van der Waals surface area contributed by atoms with Crippen LogP contribution in [0.3, 0.4) is 0 Å². The van der Waals surface area contributed by atoms with Crippen LogP contribution >= 0.6 is 0 Å². The van der Waals surface area contributed by atoms with Gasteiger partial charge in [0.15, 0.2) is 23.5 Å². The molecule has 1 saturated heterocycles. The lowest BCUT2D eigenvalue weighted by Crippen LogP contribution is -2.63. The number of ether oxygens (including phenoxy) is 2. The molecule has 222 valence electrons. The predicted molar refractivity (Wildman–Crippen MR) is 156 cm³/mol. The van der Waals surface area contributed by atoms with Crippen molar-refractivity contribution in [1.82, 2.24) is 4.57 Å². The summed E-state index contributed by atoms with van der Waals surface area (Å²) in [6, 6.07) is 9.76. The van der Waals surface area contributed by atoms with Crippen molar-refractivity contribution in [2.45, 2.75) is 77.1 Å². The predicted octanol–water partition coefficient (Wildman–Crippen LogP) is 4.03. The average molecular weight is 573 g/mol. The largest absolute Gasteiger partial charge is 0.399 e. The number of allylic oxidation sites excluding steroid dienone is 4. The second-order valence-electron chi connectivity index (χ2n) is 13.6. The van der Waals surface area contributed by atoms with E-state index in [-0.39, 0.29) is 29.3 Å². The summed E-state index contributed by atoms with van der Waals surface area (Å²) in [5.74, 6) is -0.262. The molecule has 4 fully saturated rings. The van der Waals surface area contributed by atoms with E-state index in [1.54, 1.807) is 12.2 Å². The summed E-state index contributed by atoms with van der Waals surface area (Å²) in [6.45, 7) is 6.19. The molecule has 0 spiro atoms. The molecule has 8 nitrogen and oxygen atoms in total. The number of hydrogen-bond donors (Lipinski definition) is 3. The van der Waals surface area contributed by atoms with Crippen molar-refractivity contribution in [3.05, 3.63) is 77.2 Å². The maximum absolute atomic E-state index is 13.8. The second kappa shape index (κ2) is 9.48. The topological polar surface area (TPSA) is 124 Å². The highest BCUT2D eigenvalue weighted by Gasteiger charge is 2.76. The Bertz CT molecular complexity index is 1530. The van der Waals surface area contributed by atoms with Crippen LogP contribution in [-0.2, 0) is 25.6 Å². The zero-order valence-electron chi connectivity index (χ0n) is 24.5. The SMILES string of the molecule is Cc1c([C@@H]2O[C@@H]3C[C@H]4[C@@H]5CCC6=CC(=O)C=C[C@]6(C)[C@H]5[C@@H](O)C[C@]4(C)[C@]3(C(=O)CO)O2)ccn1Cc1cccc(N)c1. The van der Waals surface area contributed by atoms with Gasteiger partial charge in [0, 0.05) is 46.4 Å². The van der Waals surface area contributed by atoms with Gasteiger partial charge in [-0.05, 0) is 80.4 Å². The maximum Gasteiger partial charge on any atom is 0.193 e. The number of carbonyl (C=O) groups is 2. The summed E-state index contributed by atoms with van der Waals surface area (Å²) >= 11 is 0. The van der Waals surface area contributed by atoms with Crippen molar-refractivity contribution >= 4 is 17.3 Å². The van der Waals surface area contributed by atoms with Crippen LogP contribution in [0, 0.1) is 35.5 Å². The number of aliphatic hydroxyl groups excluding tert-OH is 2. The molecule has 8 heteroatoms. The lowest BCUT2D eigenvalue weighted by atomic mass is 9.46. The first-order valence-electron chi connectivity index (χ1n) is 15.1. The molecule has 42 heavy (non-hydrogen) atoms. The average Bonchev–Trinajstić information content (AvgIpc) is 3.58. The van der Waals surface area contributed by atoms with E-state index >= 15 is 0 Å². The van der Waals surface area contributed by atoms with Crippen LogP contribution in [0.5, 0.6) is 0 Å². The molecule has 4 N–H and O–H groups in total. The van der Waals surface area contributed by atoms with E-state index in [2.05, 4.69) is 18.4 Å². The lowest BCUT2D eigenvalue weighted by molar-refractivity contribution is -0.201. The van der Waals surface area contributed by atoms with Crippen LogP contribution in [0.2, 0.25) is 0 Å². The van der Waals surface area contributed by atoms with E-state index in [1.165, 1.54) is 0 Å². The third kappa shape index (κ3) is 3.68. The zero-order valence-corrected chi connectivity index (χ0v) is 24.5. The van der Waals surface area contributed by atoms with Gasteiger partial charge in [0.1, 0.15) is 6.61 Å². The van der Waals surface area contributed by atoms with Crippen molar-refractivity contribution in [3.63, 3.8) is 0 Å². The van der Waals surface area contributed by atoms with Crippen LogP contribution in [0.1, 0.15) is 62.6 Å². The fourth-order valence-electron chi connectivity index (χ4n) is 9.70. The number of aliphatic hydroxyl groups is 2. The Labute approximate surface area is 246 Å². The normalized spacial score (nSPS) is 40.2. The van der Waals surface area contributed by atoms with Crippen LogP contribution < -0.4 is 5.73 Å². The van der Waals surface area contributed by atoms with Gasteiger partial charge in [0.25, 0.3) is 0 Å². The molecule has 0 unspecified atom stereocenters. The van der Waals surface area contributed by atoms with Crippen molar-refractivity contribution in [2.24, 2.45) is 28.6 Å². The Hall–Kier alpha value is -3.04. The monoisotopic (exact) mass is 572 g/mol. The standard InChI is InChI=1S/C34H40N2O6/c1-19-24(10-12-36(19)17-20-5-4-6-22(35)13-20)31-41-29-15-26-25-8-7-21-14-23(38)9-11-32(21,2)30(25)27(39)16-33(26,3)34(29,42-31)28(40)18-37/h4-6,9-14,25-27,29-31,37,39H,7-8,15-18,35H2,1-3H3/t25-,26-,27-,29+,30+,31+,32-,33-,34+/m0/s1. The number of fused-ring (bicyclic) bond motifs is 7. The molecule has 1 aromatic heterocycles. The van der Waals surface area contributed by atoms with Crippen molar-refractivity contribution in [1.29, 1.82) is 0 Å². The Morgan fingerprint density at radius 1 is 1.24 bits per heavy atom. The number of rotatable bonds is 5. The second-order valence-corrected chi connectivity index (χ2v) is 13.6. The summed E-state index contributed by atoms with van der Waals surface area (Å²) in [5, 5.41) is 22.1.